The van der Waals surface area contributed by atoms with Crippen LogP contribution in [0, 0.1) is 5.82 Å². The van der Waals surface area contributed by atoms with E-state index in [4.69, 9.17) is 11.6 Å². The van der Waals surface area contributed by atoms with Crippen molar-refractivity contribution in [3.05, 3.63) is 34.6 Å². The molecule has 3 nitrogen and oxygen atoms in total. The molecule has 1 rings (SSSR count). The lowest BCUT2D eigenvalue weighted by Gasteiger charge is -2.06. The van der Waals surface area contributed by atoms with E-state index in [0.29, 0.717) is 28.6 Å². The first-order valence-corrected chi connectivity index (χ1v) is 6.94. The first-order chi connectivity index (χ1) is 8.65. The molecule has 0 bridgehead atoms. The first kappa shape index (κ1) is 15.3. The van der Waals surface area contributed by atoms with Crippen molar-refractivity contribution in [3.63, 3.8) is 0 Å². The number of hydrogen-bond donors (Lipinski definition) is 1. The van der Waals surface area contributed by atoms with E-state index in [1.807, 2.05) is 0 Å². The number of halogens is 2. The van der Waals surface area contributed by atoms with E-state index in [-0.39, 0.29) is 18.3 Å². The highest BCUT2D eigenvalue weighted by molar-refractivity contribution is 7.98. The number of carbonyl (C=O) groups is 1. The van der Waals surface area contributed by atoms with Crippen LogP contribution in [0.5, 0.6) is 0 Å². The Kier molecular flexibility index (Phi) is 7.08. The summed E-state index contributed by atoms with van der Waals surface area (Å²) >= 11 is 7.41. The number of rotatable bonds is 7. The van der Waals surface area contributed by atoms with Crippen molar-refractivity contribution in [2.45, 2.75) is 5.75 Å². The highest BCUT2D eigenvalue weighted by Gasteiger charge is 2.06. The normalized spacial score (nSPS) is 10.4. The summed E-state index contributed by atoms with van der Waals surface area (Å²) < 4.78 is 18.1. The van der Waals surface area contributed by atoms with Crippen LogP contribution in [0.1, 0.15) is 5.56 Å². The Labute approximate surface area is 115 Å². The summed E-state index contributed by atoms with van der Waals surface area (Å²) in [5.41, 5.74) is 0.507. The third-order valence-corrected chi connectivity index (χ3v) is 3.49. The number of nitrogens with one attached hydrogen (secondary N) is 1. The van der Waals surface area contributed by atoms with Crippen LogP contribution in [0.25, 0.3) is 0 Å². The standard InChI is InChI=1S/C12H15ClFNO2S/c1-17-7-12(16)15-5-6-18-8-9-10(13)3-2-4-11(9)14/h2-4H,5-8H2,1H3,(H,15,16). The highest BCUT2D eigenvalue weighted by Crippen LogP contribution is 2.23. The quantitative estimate of drug-likeness (QED) is 0.785. The third kappa shape index (κ3) is 5.25. The number of ether oxygens (including phenoxy) is 1. The molecule has 100 valence electrons. The number of hydrogen-bond acceptors (Lipinski definition) is 3. The summed E-state index contributed by atoms with van der Waals surface area (Å²) in [4.78, 5) is 11.1. The Morgan fingerprint density at radius 1 is 1.56 bits per heavy atom. The van der Waals surface area contributed by atoms with Gasteiger partial charge < -0.3 is 10.1 Å². The second-order valence-corrected chi connectivity index (χ2v) is 5.05. The van der Waals surface area contributed by atoms with E-state index in [9.17, 15) is 9.18 Å². The molecular formula is C12H15ClFNO2S. The molecule has 0 saturated carbocycles. The van der Waals surface area contributed by atoms with Crippen molar-refractivity contribution >= 4 is 29.3 Å². The Bertz CT molecular complexity index is 383. The van der Waals surface area contributed by atoms with Crippen LogP contribution < -0.4 is 5.32 Å². The van der Waals surface area contributed by atoms with Gasteiger partial charge in [0.1, 0.15) is 12.4 Å². The molecule has 1 aromatic rings. The fourth-order valence-electron chi connectivity index (χ4n) is 1.29. The minimum atomic E-state index is -0.293. The fourth-order valence-corrected chi connectivity index (χ4v) is 2.49. The van der Waals surface area contributed by atoms with E-state index < -0.39 is 0 Å². The molecule has 0 heterocycles. The molecule has 18 heavy (non-hydrogen) atoms. The molecule has 0 saturated heterocycles. The summed E-state index contributed by atoms with van der Waals surface area (Å²) in [7, 11) is 1.47. The monoisotopic (exact) mass is 291 g/mol. The third-order valence-electron chi connectivity index (χ3n) is 2.15. The van der Waals surface area contributed by atoms with Crippen molar-refractivity contribution < 1.29 is 13.9 Å². The van der Waals surface area contributed by atoms with Crippen LogP contribution >= 0.6 is 23.4 Å². The topological polar surface area (TPSA) is 38.3 Å². The molecule has 6 heteroatoms. The van der Waals surface area contributed by atoms with Gasteiger partial charge in [0.15, 0.2) is 0 Å². The van der Waals surface area contributed by atoms with Crippen LogP contribution in [0.3, 0.4) is 0 Å². The highest BCUT2D eigenvalue weighted by atomic mass is 35.5. The molecule has 0 radical (unpaired) electrons. The summed E-state index contributed by atoms with van der Waals surface area (Å²) in [6.45, 7) is 0.586. The zero-order valence-corrected chi connectivity index (χ0v) is 11.6. The lowest BCUT2D eigenvalue weighted by atomic mass is 10.2. The minimum absolute atomic E-state index is 0.0593. The van der Waals surface area contributed by atoms with Crippen molar-refractivity contribution in [1.82, 2.24) is 5.32 Å². The number of methoxy groups -OCH3 is 1. The molecule has 0 fully saturated rings. The van der Waals surface area contributed by atoms with E-state index in [2.05, 4.69) is 10.1 Å². The van der Waals surface area contributed by atoms with Crippen LogP contribution in [0.15, 0.2) is 18.2 Å². The fraction of sp³-hybridized carbons (Fsp3) is 0.417. The Morgan fingerprint density at radius 2 is 2.33 bits per heavy atom. The van der Waals surface area contributed by atoms with Gasteiger partial charge >= 0.3 is 0 Å². The molecule has 1 amide bonds. The minimum Gasteiger partial charge on any atom is -0.375 e. The van der Waals surface area contributed by atoms with E-state index in [1.165, 1.54) is 24.9 Å². The maximum atomic E-state index is 13.4. The van der Waals surface area contributed by atoms with Gasteiger partial charge in [-0.2, -0.15) is 11.8 Å². The molecule has 0 unspecified atom stereocenters. The van der Waals surface area contributed by atoms with E-state index in [1.54, 1.807) is 12.1 Å². The van der Waals surface area contributed by atoms with Gasteiger partial charge in [0.25, 0.3) is 0 Å². The largest absolute Gasteiger partial charge is 0.375 e. The van der Waals surface area contributed by atoms with Crippen molar-refractivity contribution in [2.75, 3.05) is 26.0 Å². The smallest absolute Gasteiger partial charge is 0.246 e. The lowest BCUT2D eigenvalue weighted by Crippen LogP contribution is -2.29. The van der Waals surface area contributed by atoms with Crippen LogP contribution in [-0.2, 0) is 15.3 Å². The van der Waals surface area contributed by atoms with Gasteiger partial charge in [0.05, 0.1) is 0 Å². The Balaban J connectivity index is 2.24. The summed E-state index contributed by atoms with van der Waals surface area (Å²) in [5.74, 6) is 0.742. The lowest BCUT2D eigenvalue weighted by molar-refractivity contribution is -0.124. The Morgan fingerprint density at radius 3 is 3.00 bits per heavy atom. The molecule has 0 aliphatic carbocycles. The average Bonchev–Trinajstić information content (AvgIpc) is 2.32. The van der Waals surface area contributed by atoms with Crippen LogP contribution in [-0.4, -0.2) is 31.9 Å². The average molecular weight is 292 g/mol. The SMILES string of the molecule is COCC(=O)NCCSCc1c(F)cccc1Cl. The summed E-state index contributed by atoms with van der Waals surface area (Å²) in [6, 6.07) is 4.64. The van der Waals surface area contributed by atoms with Gasteiger partial charge in [-0.15, -0.1) is 0 Å². The first-order valence-electron chi connectivity index (χ1n) is 5.41. The van der Waals surface area contributed by atoms with Gasteiger partial charge in [0, 0.05) is 35.7 Å². The van der Waals surface area contributed by atoms with Crippen molar-refractivity contribution in [2.24, 2.45) is 0 Å². The predicted molar refractivity (Wildman–Crippen MR) is 72.5 cm³/mol. The molecular weight excluding hydrogens is 277 g/mol. The van der Waals surface area contributed by atoms with Crippen LogP contribution in [0.2, 0.25) is 5.02 Å². The molecule has 0 aliphatic rings. The molecule has 0 spiro atoms. The second kappa shape index (κ2) is 8.34. The number of benzene rings is 1. The number of carbonyl (C=O) groups excluding carboxylic acids is 1. The second-order valence-electron chi connectivity index (χ2n) is 3.54. The summed E-state index contributed by atoms with van der Waals surface area (Å²) in [6.07, 6.45) is 0. The molecule has 0 aliphatic heterocycles. The van der Waals surface area contributed by atoms with Crippen molar-refractivity contribution in [3.8, 4) is 0 Å². The van der Waals surface area contributed by atoms with Gasteiger partial charge in [-0.05, 0) is 12.1 Å². The van der Waals surface area contributed by atoms with Crippen molar-refractivity contribution in [1.29, 1.82) is 0 Å². The molecule has 0 atom stereocenters. The zero-order chi connectivity index (χ0) is 13.4. The van der Waals surface area contributed by atoms with E-state index >= 15 is 0 Å². The Hall–Kier alpha value is -0.780. The molecule has 1 N–H and O–H groups in total. The van der Waals surface area contributed by atoms with Gasteiger partial charge in [0.2, 0.25) is 5.91 Å². The van der Waals surface area contributed by atoms with Crippen LogP contribution in [0.4, 0.5) is 4.39 Å². The van der Waals surface area contributed by atoms with Gasteiger partial charge in [-0.25, -0.2) is 4.39 Å². The molecule has 1 aromatic carbocycles. The summed E-state index contributed by atoms with van der Waals surface area (Å²) in [5, 5.41) is 3.12. The predicted octanol–water partition coefficient (Wildman–Crippen LogP) is 2.47. The van der Waals surface area contributed by atoms with E-state index in [0.717, 1.165) is 0 Å². The maximum Gasteiger partial charge on any atom is 0.246 e. The van der Waals surface area contributed by atoms with Gasteiger partial charge in [-0.1, -0.05) is 17.7 Å². The maximum absolute atomic E-state index is 13.4. The number of amides is 1. The molecule has 0 aromatic heterocycles. The zero-order valence-electron chi connectivity index (χ0n) is 10.0. The van der Waals surface area contributed by atoms with Gasteiger partial charge in [-0.3, -0.25) is 4.79 Å². The number of thioether (sulfide) groups is 1.